The minimum absolute atomic E-state index is 0.0256. The lowest BCUT2D eigenvalue weighted by Crippen LogP contribution is -2.40. The van der Waals surface area contributed by atoms with Crippen molar-refractivity contribution in [3.05, 3.63) is 29.3 Å². The molecule has 0 fully saturated rings. The van der Waals surface area contributed by atoms with E-state index in [2.05, 4.69) is 0 Å². The van der Waals surface area contributed by atoms with Crippen molar-refractivity contribution in [2.24, 2.45) is 5.73 Å². The average molecular weight is 205 g/mol. The maximum atomic E-state index is 11.8. The van der Waals surface area contributed by atoms with Gasteiger partial charge in [-0.15, -0.1) is 0 Å². The summed E-state index contributed by atoms with van der Waals surface area (Å²) in [6, 6.07) is 5.05. The SMILES string of the molecule is COc1ccc2c(c1)C(C)(C)C(N)C2=O. The van der Waals surface area contributed by atoms with Crippen LogP contribution >= 0.6 is 0 Å². The van der Waals surface area contributed by atoms with Gasteiger partial charge in [-0.05, 0) is 23.8 Å². The molecular weight excluding hydrogens is 190 g/mol. The minimum atomic E-state index is -0.445. The maximum absolute atomic E-state index is 11.8. The normalized spacial score (nSPS) is 22.7. The predicted octanol–water partition coefficient (Wildman–Crippen LogP) is 1.50. The van der Waals surface area contributed by atoms with Crippen LogP contribution in [0.25, 0.3) is 0 Å². The van der Waals surface area contributed by atoms with Gasteiger partial charge in [0.05, 0.1) is 13.2 Å². The molecule has 1 atom stereocenters. The number of ether oxygens (including phenoxy) is 1. The predicted molar refractivity (Wildman–Crippen MR) is 58.3 cm³/mol. The van der Waals surface area contributed by atoms with Gasteiger partial charge in [0.2, 0.25) is 0 Å². The molecule has 1 unspecified atom stereocenters. The Morgan fingerprint density at radius 3 is 2.67 bits per heavy atom. The molecule has 0 amide bonds. The van der Waals surface area contributed by atoms with E-state index in [1.807, 2.05) is 19.9 Å². The summed E-state index contributed by atoms with van der Waals surface area (Å²) in [7, 11) is 1.62. The van der Waals surface area contributed by atoms with Crippen LogP contribution in [0.3, 0.4) is 0 Å². The third-order valence-corrected chi connectivity index (χ3v) is 3.25. The number of benzene rings is 1. The number of carbonyl (C=O) groups excluding carboxylic acids is 1. The van der Waals surface area contributed by atoms with Gasteiger partial charge in [0.25, 0.3) is 0 Å². The summed E-state index contributed by atoms with van der Waals surface area (Å²) in [4.78, 5) is 11.8. The number of ketones is 1. The molecule has 3 nitrogen and oxygen atoms in total. The zero-order valence-corrected chi connectivity index (χ0v) is 9.20. The fourth-order valence-electron chi connectivity index (χ4n) is 2.06. The Morgan fingerprint density at radius 1 is 1.40 bits per heavy atom. The minimum Gasteiger partial charge on any atom is -0.497 e. The van der Waals surface area contributed by atoms with Crippen LogP contribution in [0.15, 0.2) is 18.2 Å². The molecule has 0 spiro atoms. The van der Waals surface area contributed by atoms with Gasteiger partial charge < -0.3 is 10.5 Å². The van der Waals surface area contributed by atoms with Crippen molar-refractivity contribution in [1.82, 2.24) is 0 Å². The zero-order chi connectivity index (χ0) is 11.2. The molecule has 0 bridgehead atoms. The van der Waals surface area contributed by atoms with E-state index in [9.17, 15) is 4.79 Å². The van der Waals surface area contributed by atoms with Crippen LogP contribution in [-0.2, 0) is 5.41 Å². The van der Waals surface area contributed by atoms with Gasteiger partial charge in [0.15, 0.2) is 5.78 Å². The molecule has 2 rings (SSSR count). The van der Waals surface area contributed by atoms with E-state index in [0.717, 1.165) is 16.9 Å². The lowest BCUT2D eigenvalue weighted by atomic mass is 9.83. The van der Waals surface area contributed by atoms with Crippen LogP contribution < -0.4 is 10.5 Å². The highest BCUT2D eigenvalue weighted by molar-refractivity contribution is 6.06. The van der Waals surface area contributed by atoms with Gasteiger partial charge >= 0.3 is 0 Å². The highest BCUT2D eigenvalue weighted by atomic mass is 16.5. The topological polar surface area (TPSA) is 52.3 Å². The van der Waals surface area contributed by atoms with E-state index in [1.54, 1.807) is 19.2 Å². The highest BCUT2D eigenvalue weighted by Gasteiger charge is 2.43. The van der Waals surface area contributed by atoms with Gasteiger partial charge in [-0.3, -0.25) is 4.79 Å². The molecule has 0 radical (unpaired) electrons. The summed E-state index contributed by atoms with van der Waals surface area (Å²) in [6.45, 7) is 3.97. The third kappa shape index (κ3) is 1.27. The quantitative estimate of drug-likeness (QED) is 0.755. The molecule has 15 heavy (non-hydrogen) atoms. The van der Waals surface area contributed by atoms with Gasteiger partial charge in [0, 0.05) is 11.0 Å². The van der Waals surface area contributed by atoms with E-state index < -0.39 is 6.04 Å². The molecule has 1 aromatic rings. The summed E-state index contributed by atoms with van der Waals surface area (Å²) in [6.07, 6.45) is 0. The molecule has 1 aliphatic carbocycles. The average Bonchev–Trinajstić information content (AvgIpc) is 2.40. The number of methoxy groups -OCH3 is 1. The number of nitrogens with two attached hydrogens (primary N) is 1. The number of rotatable bonds is 1. The molecule has 1 aliphatic rings. The molecule has 0 aromatic heterocycles. The number of Topliss-reactive ketones (excluding diaryl/α,β-unsaturated/α-hetero) is 1. The van der Waals surface area contributed by atoms with Crippen LogP contribution in [0.4, 0.5) is 0 Å². The Balaban J connectivity index is 2.62. The van der Waals surface area contributed by atoms with Crippen molar-refractivity contribution in [2.75, 3.05) is 7.11 Å². The first kappa shape index (κ1) is 10.2. The smallest absolute Gasteiger partial charge is 0.180 e. The molecule has 1 aromatic carbocycles. The van der Waals surface area contributed by atoms with Gasteiger partial charge in [-0.1, -0.05) is 13.8 Å². The van der Waals surface area contributed by atoms with Crippen molar-refractivity contribution in [1.29, 1.82) is 0 Å². The standard InChI is InChI=1S/C12H15NO2/c1-12(2)9-6-7(15-3)4-5-8(9)10(14)11(12)13/h4-6,11H,13H2,1-3H3. The summed E-state index contributed by atoms with van der Waals surface area (Å²) < 4.78 is 5.15. The van der Waals surface area contributed by atoms with E-state index in [4.69, 9.17) is 10.5 Å². The Hall–Kier alpha value is -1.35. The van der Waals surface area contributed by atoms with Crippen molar-refractivity contribution < 1.29 is 9.53 Å². The van der Waals surface area contributed by atoms with Crippen LogP contribution in [0, 0.1) is 0 Å². The van der Waals surface area contributed by atoms with E-state index in [1.165, 1.54) is 0 Å². The Bertz CT molecular complexity index is 424. The van der Waals surface area contributed by atoms with Crippen LogP contribution in [-0.4, -0.2) is 18.9 Å². The Morgan fingerprint density at radius 2 is 2.07 bits per heavy atom. The highest BCUT2D eigenvalue weighted by Crippen LogP contribution is 2.39. The molecule has 0 saturated heterocycles. The molecule has 0 heterocycles. The first-order chi connectivity index (χ1) is 6.98. The second-order valence-corrected chi connectivity index (χ2v) is 4.48. The fraction of sp³-hybridized carbons (Fsp3) is 0.417. The van der Waals surface area contributed by atoms with Crippen LogP contribution in [0.2, 0.25) is 0 Å². The Labute approximate surface area is 89.2 Å². The van der Waals surface area contributed by atoms with Crippen molar-refractivity contribution in [3.63, 3.8) is 0 Å². The number of hydrogen-bond donors (Lipinski definition) is 1. The summed E-state index contributed by atoms with van der Waals surface area (Å²) in [5.41, 5.74) is 7.32. The van der Waals surface area contributed by atoms with Crippen molar-refractivity contribution in [3.8, 4) is 5.75 Å². The monoisotopic (exact) mass is 205 g/mol. The summed E-state index contributed by atoms with van der Waals surface area (Å²) in [5.74, 6) is 0.793. The first-order valence-corrected chi connectivity index (χ1v) is 4.97. The Kier molecular flexibility index (Phi) is 2.08. The first-order valence-electron chi connectivity index (χ1n) is 4.97. The second kappa shape index (κ2) is 3.07. The molecule has 0 saturated carbocycles. The van der Waals surface area contributed by atoms with Crippen LogP contribution in [0.5, 0.6) is 5.75 Å². The van der Waals surface area contributed by atoms with Gasteiger partial charge in [-0.25, -0.2) is 0 Å². The number of fused-ring (bicyclic) bond motifs is 1. The van der Waals surface area contributed by atoms with E-state index in [0.29, 0.717) is 0 Å². The third-order valence-electron chi connectivity index (χ3n) is 3.25. The van der Waals surface area contributed by atoms with Gasteiger partial charge in [0.1, 0.15) is 5.75 Å². The van der Waals surface area contributed by atoms with Crippen molar-refractivity contribution >= 4 is 5.78 Å². The number of carbonyl (C=O) groups is 1. The lowest BCUT2D eigenvalue weighted by molar-refractivity contribution is 0.0953. The molecule has 3 heteroatoms. The van der Waals surface area contributed by atoms with E-state index >= 15 is 0 Å². The van der Waals surface area contributed by atoms with E-state index in [-0.39, 0.29) is 11.2 Å². The second-order valence-electron chi connectivity index (χ2n) is 4.48. The summed E-state index contributed by atoms with van der Waals surface area (Å²) in [5, 5.41) is 0. The van der Waals surface area contributed by atoms with Crippen molar-refractivity contribution in [2.45, 2.75) is 25.3 Å². The maximum Gasteiger partial charge on any atom is 0.180 e. The molecule has 2 N–H and O–H groups in total. The van der Waals surface area contributed by atoms with Crippen LogP contribution in [0.1, 0.15) is 29.8 Å². The molecule has 0 aliphatic heterocycles. The molecular formula is C12H15NO2. The molecule has 80 valence electrons. The number of hydrogen-bond acceptors (Lipinski definition) is 3. The fourth-order valence-corrected chi connectivity index (χ4v) is 2.06. The summed E-state index contributed by atoms with van der Waals surface area (Å²) >= 11 is 0. The van der Waals surface area contributed by atoms with Gasteiger partial charge in [-0.2, -0.15) is 0 Å². The lowest BCUT2D eigenvalue weighted by Gasteiger charge is -2.23. The zero-order valence-electron chi connectivity index (χ0n) is 9.20. The largest absolute Gasteiger partial charge is 0.497 e.